The molecule has 0 aliphatic rings. The summed E-state index contributed by atoms with van der Waals surface area (Å²) in [5.74, 6) is 1.90. The minimum absolute atomic E-state index is 0.362. The molecule has 0 spiro atoms. The van der Waals surface area contributed by atoms with Crippen molar-refractivity contribution in [3.63, 3.8) is 0 Å². The fourth-order valence-electron chi connectivity index (χ4n) is 0.812. The van der Waals surface area contributed by atoms with Crippen LogP contribution in [0.3, 0.4) is 0 Å². The molecule has 0 fully saturated rings. The molecule has 0 unspecified atom stereocenters. The number of rotatable bonds is 4. The number of amides is 2. The van der Waals surface area contributed by atoms with E-state index in [1.807, 2.05) is 0 Å². The molecule has 0 radical (unpaired) electrons. The summed E-state index contributed by atoms with van der Waals surface area (Å²) in [4.78, 5) is 17.3. The van der Waals surface area contributed by atoms with Gasteiger partial charge in [0.15, 0.2) is 0 Å². The lowest BCUT2D eigenvalue weighted by atomic mass is 9.90. The van der Waals surface area contributed by atoms with Gasteiger partial charge in [0.1, 0.15) is 12.2 Å². The number of carbonyl (C=O) groups is 2. The van der Waals surface area contributed by atoms with Crippen molar-refractivity contribution in [2.45, 2.75) is 26.7 Å². The Morgan fingerprint density at radius 1 is 1.12 bits per heavy atom. The fourth-order valence-corrected chi connectivity index (χ4v) is 1.53. The Balaban J connectivity index is -0.000000205. The molecule has 0 atom stereocenters. The van der Waals surface area contributed by atoms with Crippen LogP contribution in [0.15, 0.2) is 0 Å². The maximum Gasteiger partial charge on any atom is 0.131 e. The third-order valence-corrected chi connectivity index (χ3v) is 3.14. The molecule has 0 aliphatic carbocycles. The van der Waals surface area contributed by atoms with E-state index in [-0.39, 0.29) is 0 Å². The lowest BCUT2D eigenvalue weighted by molar-refractivity contribution is -0.246. The minimum atomic E-state index is -1.58. The molecule has 104 valence electrons. The zero-order valence-corrected chi connectivity index (χ0v) is 11.8. The van der Waals surface area contributed by atoms with Gasteiger partial charge in [0.05, 0.1) is 0 Å². The lowest BCUT2D eigenvalue weighted by Crippen LogP contribution is -2.29. The van der Waals surface area contributed by atoms with Crippen LogP contribution in [0.4, 0.5) is 9.59 Å². The molecule has 0 aromatic heterocycles. The molecule has 0 aliphatic heterocycles. The van der Waals surface area contributed by atoms with Gasteiger partial charge in [0.25, 0.3) is 0 Å². The Morgan fingerprint density at radius 2 is 1.35 bits per heavy atom. The predicted octanol–water partition coefficient (Wildman–Crippen LogP) is -0.771. The highest BCUT2D eigenvalue weighted by Gasteiger charge is 2.18. The van der Waals surface area contributed by atoms with Gasteiger partial charge in [-0.1, -0.05) is 20.3 Å². The van der Waals surface area contributed by atoms with Gasteiger partial charge in [-0.3, -0.25) is 0 Å². The predicted molar refractivity (Wildman–Crippen MR) is 69.9 cm³/mol. The summed E-state index contributed by atoms with van der Waals surface area (Å²) in [6, 6.07) is 0. The molecule has 0 bridgehead atoms. The first-order chi connectivity index (χ1) is 7.65. The number of carboxylic acid groups (broad SMARTS) is 2. The lowest BCUT2D eigenvalue weighted by Gasteiger charge is -2.24. The van der Waals surface area contributed by atoms with Crippen molar-refractivity contribution in [2.24, 2.45) is 16.9 Å². The van der Waals surface area contributed by atoms with Crippen LogP contribution in [-0.2, 0) is 0 Å². The van der Waals surface area contributed by atoms with Crippen LogP contribution in [0.5, 0.6) is 0 Å². The molecular weight excluding hydrogens is 264 g/mol. The van der Waals surface area contributed by atoms with E-state index in [1.165, 1.54) is 12.8 Å². The third-order valence-electron chi connectivity index (χ3n) is 1.62. The van der Waals surface area contributed by atoms with Crippen molar-refractivity contribution < 1.29 is 19.8 Å². The Hall–Kier alpha value is -0.760. The van der Waals surface area contributed by atoms with Gasteiger partial charge in [0.2, 0.25) is 0 Å². The summed E-state index contributed by atoms with van der Waals surface area (Å²) < 4.78 is 0. The summed E-state index contributed by atoms with van der Waals surface area (Å²) >= 11 is 8.53. The molecule has 17 heavy (non-hydrogen) atoms. The van der Waals surface area contributed by atoms with Crippen LogP contribution in [0.1, 0.15) is 26.7 Å². The Morgan fingerprint density at radius 3 is 1.41 bits per heavy atom. The van der Waals surface area contributed by atoms with Crippen molar-refractivity contribution in [3.05, 3.63) is 0 Å². The number of primary amides is 2. The second-order valence-corrected chi connectivity index (χ2v) is 4.15. The fraction of sp³-hybridized carbons (Fsp3) is 0.778. The van der Waals surface area contributed by atoms with Crippen molar-refractivity contribution in [1.82, 2.24) is 0 Å². The van der Waals surface area contributed by atoms with E-state index in [2.05, 4.69) is 50.6 Å². The van der Waals surface area contributed by atoms with Gasteiger partial charge in [-0.05, 0) is 23.3 Å². The second kappa shape index (κ2) is 13.3. The zero-order chi connectivity index (χ0) is 14.5. The largest absolute Gasteiger partial charge is 0.530 e. The molecule has 2 amide bonds. The maximum absolute atomic E-state index is 8.67. The van der Waals surface area contributed by atoms with Crippen LogP contribution in [-0.4, -0.2) is 23.7 Å². The van der Waals surface area contributed by atoms with Crippen LogP contribution < -0.4 is 21.7 Å². The molecule has 0 saturated heterocycles. The molecule has 0 heterocycles. The quantitative estimate of drug-likeness (QED) is 0.504. The van der Waals surface area contributed by atoms with Crippen LogP contribution in [0.2, 0.25) is 0 Å². The summed E-state index contributed by atoms with van der Waals surface area (Å²) in [5.41, 5.74) is 8.20. The van der Waals surface area contributed by atoms with E-state index in [0.29, 0.717) is 5.41 Å². The average Bonchev–Trinajstić information content (AvgIpc) is 2.16. The van der Waals surface area contributed by atoms with Gasteiger partial charge in [-0.25, -0.2) is 0 Å². The van der Waals surface area contributed by atoms with Gasteiger partial charge >= 0.3 is 0 Å². The number of thiol groups is 2. The van der Waals surface area contributed by atoms with Crippen LogP contribution in [0, 0.1) is 5.41 Å². The van der Waals surface area contributed by atoms with Gasteiger partial charge in [-0.15, -0.1) is 0 Å². The third kappa shape index (κ3) is 31.3. The average molecular weight is 284 g/mol. The van der Waals surface area contributed by atoms with Crippen molar-refractivity contribution in [3.8, 4) is 0 Å². The number of hydrogen-bond acceptors (Lipinski definition) is 6. The number of nitrogens with two attached hydrogens (primary N) is 2. The first kappa shape index (κ1) is 21.5. The Kier molecular flexibility index (Phi) is 16.8. The summed E-state index contributed by atoms with van der Waals surface area (Å²) in [6.07, 6.45) is -0.697. The molecule has 0 aromatic rings. The maximum atomic E-state index is 8.67. The monoisotopic (exact) mass is 284 g/mol. The van der Waals surface area contributed by atoms with Gasteiger partial charge < -0.3 is 31.3 Å². The number of carbonyl (C=O) groups excluding carboxylic acids is 2. The Labute approximate surface area is 113 Å². The van der Waals surface area contributed by atoms with Gasteiger partial charge in [-0.2, -0.15) is 25.3 Å². The molecule has 0 saturated carbocycles. The van der Waals surface area contributed by atoms with E-state index < -0.39 is 12.2 Å². The van der Waals surface area contributed by atoms with E-state index >= 15 is 0 Å². The zero-order valence-electron chi connectivity index (χ0n) is 10.0. The molecule has 0 rings (SSSR count). The molecule has 0 aromatic carbocycles. The summed E-state index contributed by atoms with van der Waals surface area (Å²) in [5, 5.41) is 17.3. The normalized spacial score (nSPS) is 9.18. The Bertz CT molecular complexity index is 191. The van der Waals surface area contributed by atoms with E-state index in [1.54, 1.807) is 0 Å². The van der Waals surface area contributed by atoms with Crippen molar-refractivity contribution in [2.75, 3.05) is 11.5 Å². The summed E-state index contributed by atoms with van der Waals surface area (Å²) in [7, 11) is 0. The molecular formula is C9H20N2O4S2-2. The minimum Gasteiger partial charge on any atom is -0.530 e. The topological polar surface area (TPSA) is 132 Å². The standard InChI is InChI=1S/C7H16S2.2CH3NO2/c1-3-4-7(2,5-8)6-9;2*2-1(3)4/h8-9H,3-6H2,1-2H3;2*2H2,(H,3,4)/p-2. The number of hydrogen-bond donors (Lipinski definition) is 4. The highest BCUT2D eigenvalue weighted by atomic mass is 32.1. The van der Waals surface area contributed by atoms with Crippen molar-refractivity contribution in [1.29, 1.82) is 0 Å². The smallest absolute Gasteiger partial charge is 0.131 e. The van der Waals surface area contributed by atoms with E-state index in [4.69, 9.17) is 19.8 Å². The van der Waals surface area contributed by atoms with Crippen molar-refractivity contribution >= 4 is 37.4 Å². The van der Waals surface area contributed by atoms with Gasteiger partial charge in [0, 0.05) is 0 Å². The molecule has 4 N–H and O–H groups in total. The summed E-state index contributed by atoms with van der Waals surface area (Å²) in [6.45, 7) is 4.43. The van der Waals surface area contributed by atoms with Crippen LogP contribution >= 0.6 is 25.3 Å². The first-order valence-corrected chi connectivity index (χ1v) is 6.06. The first-order valence-electron chi connectivity index (χ1n) is 4.79. The highest BCUT2D eigenvalue weighted by Crippen LogP contribution is 2.25. The van der Waals surface area contributed by atoms with Crippen LogP contribution in [0.25, 0.3) is 0 Å². The SMILES string of the molecule is CCCC(C)(CS)CS.NC(=O)[O-].NC(=O)[O-]. The van der Waals surface area contributed by atoms with E-state index in [9.17, 15) is 0 Å². The molecule has 8 heteroatoms. The molecule has 6 nitrogen and oxygen atoms in total. The van der Waals surface area contributed by atoms with E-state index in [0.717, 1.165) is 11.5 Å². The second-order valence-electron chi connectivity index (χ2n) is 3.51. The highest BCUT2D eigenvalue weighted by molar-refractivity contribution is 7.81.